The molecule has 0 radical (unpaired) electrons. The first-order valence-electron chi connectivity index (χ1n) is 6.08. The maximum Gasteiger partial charge on any atom is 0.273 e. The van der Waals surface area contributed by atoms with Gasteiger partial charge in [0.1, 0.15) is 10.8 Å². The van der Waals surface area contributed by atoms with Crippen LogP contribution in [0.1, 0.15) is 25.3 Å². The van der Waals surface area contributed by atoms with E-state index in [2.05, 4.69) is 0 Å². The van der Waals surface area contributed by atoms with E-state index in [1.165, 1.54) is 24.3 Å². The lowest BCUT2D eigenvalue weighted by Gasteiger charge is -2.13. The monoisotopic (exact) mass is 281 g/mol. The number of benzene rings is 1. The lowest BCUT2D eigenvalue weighted by molar-refractivity contribution is -0.136. The van der Waals surface area contributed by atoms with Crippen LogP contribution in [0.3, 0.4) is 0 Å². The Morgan fingerprint density at radius 2 is 1.79 bits per heavy atom. The number of carbonyl (C=O) groups is 2. The highest BCUT2D eigenvalue weighted by molar-refractivity contribution is 6.55. The molecule has 0 aromatic heterocycles. The molecule has 0 N–H and O–H groups in total. The molecule has 1 aromatic rings. The summed E-state index contributed by atoms with van der Waals surface area (Å²) in [5, 5.41) is -0.0901. The molecular formula is C14H13ClFNO2. The first-order chi connectivity index (χ1) is 9.06. The fourth-order valence-corrected chi connectivity index (χ4v) is 2.22. The van der Waals surface area contributed by atoms with Crippen LogP contribution in [0.15, 0.2) is 29.3 Å². The SMILES string of the molecule is CCCCN1C(=O)C(Cl)=C(c2ccc(F)cc2)C1=O. The zero-order chi connectivity index (χ0) is 14.0. The molecule has 19 heavy (non-hydrogen) atoms. The Bertz CT molecular complexity index is 551. The maximum atomic E-state index is 12.9. The molecule has 0 fully saturated rings. The highest BCUT2D eigenvalue weighted by Crippen LogP contribution is 2.31. The first-order valence-corrected chi connectivity index (χ1v) is 6.46. The summed E-state index contributed by atoms with van der Waals surface area (Å²) in [4.78, 5) is 25.2. The van der Waals surface area contributed by atoms with Gasteiger partial charge in [0.15, 0.2) is 0 Å². The van der Waals surface area contributed by atoms with Crippen molar-refractivity contribution in [2.75, 3.05) is 6.54 Å². The average molecular weight is 282 g/mol. The van der Waals surface area contributed by atoms with Crippen molar-refractivity contribution in [1.29, 1.82) is 0 Å². The quantitative estimate of drug-likeness (QED) is 0.796. The van der Waals surface area contributed by atoms with Crippen molar-refractivity contribution in [3.63, 3.8) is 0 Å². The molecule has 2 amide bonds. The van der Waals surface area contributed by atoms with Crippen LogP contribution in [0.5, 0.6) is 0 Å². The largest absolute Gasteiger partial charge is 0.274 e. The van der Waals surface area contributed by atoms with Gasteiger partial charge in [-0.1, -0.05) is 37.1 Å². The Morgan fingerprint density at radius 1 is 1.16 bits per heavy atom. The molecule has 0 saturated carbocycles. The number of hydrogen-bond donors (Lipinski definition) is 0. The molecule has 0 spiro atoms. The number of rotatable bonds is 4. The van der Waals surface area contributed by atoms with Gasteiger partial charge in [0.25, 0.3) is 11.8 Å². The summed E-state index contributed by atoms with van der Waals surface area (Å²) in [6, 6.07) is 5.36. The Labute approximate surface area is 115 Å². The highest BCUT2D eigenvalue weighted by Gasteiger charge is 2.37. The summed E-state index contributed by atoms with van der Waals surface area (Å²) in [5.74, 6) is -1.28. The van der Waals surface area contributed by atoms with E-state index < -0.39 is 17.6 Å². The van der Waals surface area contributed by atoms with Crippen LogP contribution < -0.4 is 0 Å². The number of carbonyl (C=O) groups excluding carboxylic acids is 2. The summed E-state index contributed by atoms with van der Waals surface area (Å²) in [7, 11) is 0. The third-order valence-corrected chi connectivity index (χ3v) is 3.33. The average Bonchev–Trinajstić information content (AvgIpc) is 2.60. The van der Waals surface area contributed by atoms with Gasteiger partial charge in [-0.25, -0.2) is 4.39 Å². The van der Waals surface area contributed by atoms with Gasteiger partial charge >= 0.3 is 0 Å². The molecule has 1 aliphatic heterocycles. The minimum absolute atomic E-state index is 0.0901. The third-order valence-electron chi connectivity index (χ3n) is 2.98. The van der Waals surface area contributed by atoms with Gasteiger partial charge in [-0.05, 0) is 24.1 Å². The van der Waals surface area contributed by atoms with E-state index in [9.17, 15) is 14.0 Å². The van der Waals surface area contributed by atoms with Crippen LogP contribution in [0.25, 0.3) is 5.57 Å². The standard InChI is InChI=1S/C14H13ClFNO2/c1-2-3-8-17-13(18)11(12(15)14(17)19)9-4-6-10(16)7-5-9/h4-7H,2-3,8H2,1H3. The zero-order valence-corrected chi connectivity index (χ0v) is 11.2. The predicted molar refractivity (Wildman–Crippen MR) is 70.8 cm³/mol. The Hall–Kier alpha value is -1.68. The predicted octanol–water partition coefficient (Wildman–Crippen LogP) is 2.94. The number of nitrogens with zero attached hydrogens (tertiary/aromatic N) is 1. The van der Waals surface area contributed by atoms with E-state index in [0.29, 0.717) is 12.1 Å². The van der Waals surface area contributed by atoms with Crippen molar-refractivity contribution < 1.29 is 14.0 Å². The first kappa shape index (κ1) is 13.7. The number of imide groups is 1. The molecule has 1 heterocycles. The Kier molecular flexibility index (Phi) is 4.00. The molecule has 100 valence electrons. The lowest BCUT2D eigenvalue weighted by Crippen LogP contribution is -2.32. The summed E-state index contributed by atoms with van der Waals surface area (Å²) in [5.41, 5.74) is 0.617. The van der Waals surface area contributed by atoms with E-state index in [1.807, 2.05) is 6.92 Å². The molecule has 2 rings (SSSR count). The lowest BCUT2D eigenvalue weighted by atomic mass is 10.1. The topological polar surface area (TPSA) is 37.4 Å². The van der Waals surface area contributed by atoms with Crippen molar-refractivity contribution in [2.45, 2.75) is 19.8 Å². The number of unbranched alkanes of at least 4 members (excludes halogenated alkanes) is 1. The molecule has 0 saturated heterocycles. The fraction of sp³-hybridized carbons (Fsp3) is 0.286. The van der Waals surface area contributed by atoms with Gasteiger partial charge in [-0.2, -0.15) is 0 Å². The van der Waals surface area contributed by atoms with Crippen molar-refractivity contribution in [1.82, 2.24) is 4.90 Å². The number of hydrogen-bond acceptors (Lipinski definition) is 2. The maximum absolute atomic E-state index is 12.9. The summed E-state index contributed by atoms with van der Waals surface area (Å²) in [6.07, 6.45) is 1.61. The fourth-order valence-electron chi connectivity index (χ4n) is 1.93. The second-order valence-corrected chi connectivity index (χ2v) is 4.69. The molecule has 3 nitrogen and oxygen atoms in total. The summed E-state index contributed by atoms with van der Waals surface area (Å²) >= 11 is 5.95. The van der Waals surface area contributed by atoms with Gasteiger partial charge in [-0.15, -0.1) is 0 Å². The summed E-state index contributed by atoms with van der Waals surface area (Å²) in [6.45, 7) is 2.33. The van der Waals surface area contributed by atoms with Crippen LogP contribution in [-0.2, 0) is 9.59 Å². The molecule has 0 aliphatic carbocycles. The van der Waals surface area contributed by atoms with Gasteiger partial charge in [0.2, 0.25) is 0 Å². The zero-order valence-electron chi connectivity index (χ0n) is 10.5. The highest BCUT2D eigenvalue weighted by atomic mass is 35.5. The van der Waals surface area contributed by atoms with Crippen molar-refractivity contribution in [3.05, 3.63) is 40.7 Å². The molecule has 0 unspecified atom stereocenters. The van der Waals surface area contributed by atoms with Gasteiger partial charge in [0, 0.05) is 6.54 Å². The number of amides is 2. The van der Waals surface area contributed by atoms with Crippen molar-refractivity contribution in [2.24, 2.45) is 0 Å². The molecule has 1 aliphatic rings. The van der Waals surface area contributed by atoms with E-state index in [4.69, 9.17) is 11.6 Å². The van der Waals surface area contributed by atoms with E-state index >= 15 is 0 Å². The number of halogens is 2. The minimum atomic E-state index is -0.473. The smallest absolute Gasteiger partial charge is 0.273 e. The van der Waals surface area contributed by atoms with Crippen LogP contribution in [0.2, 0.25) is 0 Å². The minimum Gasteiger partial charge on any atom is -0.274 e. The summed E-state index contributed by atoms with van der Waals surface area (Å²) < 4.78 is 12.9. The van der Waals surface area contributed by atoms with Crippen LogP contribution in [0, 0.1) is 5.82 Å². The van der Waals surface area contributed by atoms with Gasteiger partial charge in [-0.3, -0.25) is 14.5 Å². The van der Waals surface area contributed by atoms with E-state index in [-0.39, 0.29) is 10.6 Å². The molecule has 0 bridgehead atoms. The van der Waals surface area contributed by atoms with E-state index in [0.717, 1.165) is 17.7 Å². The molecular weight excluding hydrogens is 269 g/mol. The van der Waals surface area contributed by atoms with Crippen LogP contribution >= 0.6 is 11.6 Å². The van der Waals surface area contributed by atoms with Crippen molar-refractivity contribution in [3.8, 4) is 0 Å². The second-order valence-electron chi connectivity index (χ2n) is 4.31. The molecule has 1 aromatic carbocycles. The second kappa shape index (κ2) is 5.53. The third kappa shape index (κ3) is 2.54. The normalized spacial score (nSPS) is 15.6. The molecule has 5 heteroatoms. The van der Waals surface area contributed by atoms with E-state index in [1.54, 1.807) is 0 Å². The van der Waals surface area contributed by atoms with Gasteiger partial charge < -0.3 is 0 Å². The molecule has 0 atom stereocenters. The Balaban J connectivity index is 2.32. The van der Waals surface area contributed by atoms with Crippen molar-refractivity contribution >= 4 is 29.0 Å². The van der Waals surface area contributed by atoms with Gasteiger partial charge in [0.05, 0.1) is 5.57 Å². The van der Waals surface area contributed by atoms with Crippen LogP contribution in [0.4, 0.5) is 4.39 Å². The van der Waals surface area contributed by atoms with Crippen LogP contribution in [-0.4, -0.2) is 23.3 Å². The Morgan fingerprint density at radius 3 is 2.37 bits per heavy atom.